The number of aromatic amines is 1. The van der Waals surface area contributed by atoms with Crippen LogP contribution in [0.15, 0.2) is 59.4 Å². The fourth-order valence-electron chi connectivity index (χ4n) is 3.38. The van der Waals surface area contributed by atoms with E-state index in [1.54, 1.807) is 12.1 Å². The number of nitriles is 1. The smallest absolute Gasteiger partial charge is 0.277 e. The Labute approximate surface area is 149 Å². The Kier molecular flexibility index (Phi) is 3.70. The summed E-state index contributed by atoms with van der Waals surface area (Å²) >= 11 is 0. The van der Waals surface area contributed by atoms with Gasteiger partial charge in [-0.3, -0.25) is 14.7 Å². The number of para-hydroxylation sites is 1. The van der Waals surface area contributed by atoms with Crippen molar-refractivity contribution in [1.29, 1.82) is 5.26 Å². The van der Waals surface area contributed by atoms with Crippen LogP contribution in [0.1, 0.15) is 22.6 Å². The van der Waals surface area contributed by atoms with Crippen LogP contribution in [0.4, 0.5) is 5.82 Å². The van der Waals surface area contributed by atoms with Crippen molar-refractivity contribution in [3.8, 4) is 11.8 Å². The molecule has 0 unspecified atom stereocenters. The lowest BCUT2D eigenvalue weighted by Crippen LogP contribution is -2.35. The fourth-order valence-corrected chi connectivity index (χ4v) is 3.38. The Hall–Kier alpha value is -3.59. The SMILES string of the molecule is Cc1ccc([C@H]2c3c([nH]n(-c4ccccc4)c3=O)NC(=O)[C@H]2C#N)cc1. The first-order chi connectivity index (χ1) is 12.6. The van der Waals surface area contributed by atoms with Gasteiger partial charge in [0.15, 0.2) is 0 Å². The summed E-state index contributed by atoms with van der Waals surface area (Å²) in [5, 5.41) is 15.2. The van der Waals surface area contributed by atoms with Gasteiger partial charge < -0.3 is 5.32 Å². The summed E-state index contributed by atoms with van der Waals surface area (Å²) < 4.78 is 1.39. The summed E-state index contributed by atoms with van der Waals surface area (Å²) in [6.45, 7) is 1.96. The normalized spacial score (nSPS) is 18.7. The third-order valence-corrected chi connectivity index (χ3v) is 4.69. The van der Waals surface area contributed by atoms with Gasteiger partial charge >= 0.3 is 0 Å². The molecule has 1 aliphatic heterocycles. The average molecular weight is 344 g/mol. The molecule has 0 spiro atoms. The maximum absolute atomic E-state index is 13.1. The van der Waals surface area contributed by atoms with E-state index in [1.165, 1.54) is 4.68 Å². The first-order valence-corrected chi connectivity index (χ1v) is 8.27. The number of amides is 1. The molecule has 6 nitrogen and oxygen atoms in total. The van der Waals surface area contributed by atoms with Crippen LogP contribution in [0.3, 0.4) is 0 Å². The monoisotopic (exact) mass is 344 g/mol. The molecule has 0 radical (unpaired) electrons. The fraction of sp³-hybridized carbons (Fsp3) is 0.150. The summed E-state index contributed by atoms with van der Waals surface area (Å²) in [5.41, 5.74) is 2.64. The zero-order valence-electron chi connectivity index (χ0n) is 14.1. The second kappa shape index (κ2) is 6.05. The number of hydrogen-bond acceptors (Lipinski definition) is 3. The molecular formula is C20H16N4O2. The molecule has 6 heteroatoms. The molecule has 2 aromatic carbocycles. The van der Waals surface area contributed by atoms with E-state index in [-0.39, 0.29) is 5.56 Å². The van der Waals surface area contributed by atoms with E-state index in [0.29, 0.717) is 17.1 Å². The van der Waals surface area contributed by atoms with Gasteiger partial charge in [0, 0.05) is 5.92 Å². The van der Waals surface area contributed by atoms with Crippen molar-refractivity contribution in [3.63, 3.8) is 0 Å². The highest BCUT2D eigenvalue weighted by molar-refractivity contribution is 5.97. The standard InChI is InChI=1S/C20H16N4O2/c1-12-7-9-13(10-8-12)16-15(11-21)19(25)22-18-17(16)20(26)24(23-18)14-5-3-2-4-6-14/h2-10,15-16,23H,1H3,(H,22,25)/t15-,16+/m0/s1. The van der Waals surface area contributed by atoms with E-state index >= 15 is 0 Å². The van der Waals surface area contributed by atoms with Crippen LogP contribution >= 0.6 is 0 Å². The number of aromatic nitrogens is 2. The van der Waals surface area contributed by atoms with Gasteiger partial charge in [-0.25, -0.2) is 4.68 Å². The number of fused-ring (bicyclic) bond motifs is 1. The number of hydrogen-bond donors (Lipinski definition) is 2. The van der Waals surface area contributed by atoms with E-state index in [1.807, 2.05) is 49.4 Å². The van der Waals surface area contributed by atoms with Crippen LogP contribution in [0.2, 0.25) is 0 Å². The summed E-state index contributed by atoms with van der Waals surface area (Å²) in [6.07, 6.45) is 0. The molecule has 1 aliphatic rings. The number of anilines is 1. The van der Waals surface area contributed by atoms with Gasteiger partial charge in [-0.1, -0.05) is 48.0 Å². The van der Waals surface area contributed by atoms with Gasteiger partial charge in [-0.05, 0) is 24.6 Å². The third-order valence-electron chi connectivity index (χ3n) is 4.69. The predicted molar refractivity (Wildman–Crippen MR) is 97.1 cm³/mol. The van der Waals surface area contributed by atoms with Gasteiger partial charge in [0.2, 0.25) is 5.91 Å². The van der Waals surface area contributed by atoms with Crippen molar-refractivity contribution < 1.29 is 4.79 Å². The van der Waals surface area contributed by atoms with Crippen LogP contribution in [-0.4, -0.2) is 15.7 Å². The highest BCUT2D eigenvalue weighted by atomic mass is 16.2. The minimum atomic E-state index is -0.960. The molecule has 2 atom stereocenters. The molecule has 3 aromatic rings. The lowest BCUT2D eigenvalue weighted by Gasteiger charge is -2.26. The molecule has 2 N–H and O–H groups in total. The summed E-state index contributed by atoms with van der Waals surface area (Å²) in [4.78, 5) is 25.5. The van der Waals surface area contributed by atoms with Crippen LogP contribution < -0.4 is 10.9 Å². The second-order valence-electron chi connectivity index (χ2n) is 6.36. The van der Waals surface area contributed by atoms with Crippen molar-refractivity contribution in [3.05, 3.63) is 81.6 Å². The Bertz CT molecular complexity index is 1070. The zero-order chi connectivity index (χ0) is 18.3. The summed E-state index contributed by atoms with van der Waals surface area (Å²) in [7, 11) is 0. The van der Waals surface area contributed by atoms with Crippen LogP contribution in [0.5, 0.6) is 0 Å². The Morgan fingerprint density at radius 3 is 2.38 bits per heavy atom. The highest BCUT2D eigenvalue weighted by Gasteiger charge is 2.40. The number of benzene rings is 2. The zero-order valence-corrected chi connectivity index (χ0v) is 14.1. The number of aryl methyl sites for hydroxylation is 1. The van der Waals surface area contributed by atoms with Crippen molar-refractivity contribution >= 4 is 11.7 Å². The number of carbonyl (C=O) groups excluding carboxylic acids is 1. The van der Waals surface area contributed by atoms with Crippen LogP contribution in [0.25, 0.3) is 5.69 Å². The van der Waals surface area contributed by atoms with E-state index in [0.717, 1.165) is 11.1 Å². The first kappa shape index (κ1) is 15.9. The van der Waals surface area contributed by atoms with Crippen molar-refractivity contribution in [2.24, 2.45) is 5.92 Å². The molecule has 26 heavy (non-hydrogen) atoms. The summed E-state index contributed by atoms with van der Waals surface area (Å²) in [5.74, 6) is -1.64. The first-order valence-electron chi connectivity index (χ1n) is 8.27. The van der Waals surface area contributed by atoms with Gasteiger partial charge in [0.25, 0.3) is 5.56 Å². The van der Waals surface area contributed by atoms with E-state index in [9.17, 15) is 14.9 Å². The largest absolute Gasteiger partial charge is 0.310 e. The number of nitrogens with zero attached hydrogens (tertiary/aromatic N) is 2. The van der Waals surface area contributed by atoms with E-state index < -0.39 is 17.7 Å². The Morgan fingerprint density at radius 1 is 1.04 bits per heavy atom. The lowest BCUT2D eigenvalue weighted by atomic mass is 9.79. The molecule has 1 amide bonds. The molecular weight excluding hydrogens is 328 g/mol. The Balaban J connectivity index is 1.94. The highest BCUT2D eigenvalue weighted by Crippen LogP contribution is 2.38. The van der Waals surface area contributed by atoms with Gasteiger partial charge in [-0.15, -0.1) is 0 Å². The predicted octanol–water partition coefficient (Wildman–Crippen LogP) is 2.70. The van der Waals surface area contributed by atoms with Crippen LogP contribution in [0, 0.1) is 24.2 Å². The molecule has 4 rings (SSSR count). The Morgan fingerprint density at radius 2 is 1.73 bits per heavy atom. The molecule has 0 saturated carbocycles. The molecule has 0 fully saturated rings. The molecule has 2 heterocycles. The van der Waals surface area contributed by atoms with Gasteiger partial charge in [0.05, 0.1) is 17.3 Å². The maximum atomic E-state index is 13.1. The minimum Gasteiger partial charge on any atom is -0.310 e. The molecule has 1 aromatic heterocycles. The summed E-state index contributed by atoms with van der Waals surface area (Å²) in [6, 6.07) is 18.7. The van der Waals surface area contributed by atoms with Crippen LogP contribution in [-0.2, 0) is 4.79 Å². The third kappa shape index (κ3) is 2.42. The van der Waals surface area contributed by atoms with Crippen molar-refractivity contribution in [2.75, 3.05) is 5.32 Å². The van der Waals surface area contributed by atoms with Crippen molar-refractivity contribution in [2.45, 2.75) is 12.8 Å². The molecule has 0 saturated heterocycles. The lowest BCUT2D eigenvalue weighted by molar-refractivity contribution is -0.119. The second-order valence-corrected chi connectivity index (χ2v) is 6.36. The number of carbonyl (C=O) groups is 1. The number of H-pyrrole nitrogens is 1. The quantitative estimate of drug-likeness (QED) is 0.749. The maximum Gasteiger partial charge on any atom is 0.277 e. The van der Waals surface area contributed by atoms with E-state index in [2.05, 4.69) is 16.5 Å². The van der Waals surface area contributed by atoms with Crippen molar-refractivity contribution in [1.82, 2.24) is 9.78 Å². The topological polar surface area (TPSA) is 90.7 Å². The number of rotatable bonds is 2. The van der Waals surface area contributed by atoms with Gasteiger partial charge in [0.1, 0.15) is 11.7 Å². The minimum absolute atomic E-state index is 0.267. The molecule has 128 valence electrons. The molecule has 0 bridgehead atoms. The van der Waals surface area contributed by atoms with Gasteiger partial charge in [-0.2, -0.15) is 5.26 Å². The average Bonchev–Trinajstić information content (AvgIpc) is 2.98. The number of nitrogens with one attached hydrogen (secondary N) is 2. The van der Waals surface area contributed by atoms with E-state index in [4.69, 9.17) is 0 Å². The molecule has 0 aliphatic carbocycles.